The van der Waals surface area contributed by atoms with Crippen molar-refractivity contribution >= 4 is 39.8 Å². The number of benzene rings is 2. The van der Waals surface area contributed by atoms with E-state index in [1.165, 1.54) is 7.11 Å². The number of hydrogen-bond acceptors (Lipinski definition) is 5. The number of carbonyl (C=O) groups excluding carboxylic acids is 1. The predicted octanol–water partition coefficient (Wildman–Crippen LogP) is 4.26. The van der Waals surface area contributed by atoms with Crippen molar-refractivity contribution in [2.75, 3.05) is 12.5 Å². The number of aromatic amines is 1. The number of fused-ring (bicyclic) bond motifs is 2. The normalized spacial score (nSPS) is 11.3. The van der Waals surface area contributed by atoms with E-state index in [-0.39, 0.29) is 5.97 Å². The number of rotatable bonds is 4. The first-order chi connectivity index (χ1) is 13.2. The van der Waals surface area contributed by atoms with Gasteiger partial charge in [-0.15, -0.1) is 0 Å². The third-order valence-corrected chi connectivity index (χ3v) is 4.46. The summed E-state index contributed by atoms with van der Waals surface area (Å²) >= 11 is 0. The summed E-state index contributed by atoms with van der Waals surface area (Å²) in [5, 5.41) is 6.32. The maximum absolute atomic E-state index is 11.9. The van der Waals surface area contributed by atoms with Gasteiger partial charge in [-0.1, -0.05) is 30.3 Å². The van der Waals surface area contributed by atoms with E-state index in [0.29, 0.717) is 11.4 Å². The number of para-hydroxylation sites is 2. The third-order valence-electron chi connectivity index (χ3n) is 4.46. The van der Waals surface area contributed by atoms with Crippen LogP contribution in [0.3, 0.4) is 0 Å². The van der Waals surface area contributed by atoms with Crippen molar-refractivity contribution in [1.29, 1.82) is 0 Å². The predicted molar refractivity (Wildman–Crippen MR) is 107 cm³/mol. The first-order valence-corrected chi connectivity index (χ1v) is 8.51. The Morgan fingerprint density at radius 1 is 1.19 bits per heavy atom. The maximum atomic E-state index is 11.9. The second kappa shape index (κ2) is 6.92. The van der Waals surface area contributed by atoms with Crippen LogP contribution in [0.25, 0.3) is 21.8 Å². The minimum absolute atomic E-state index is 0.375. The highest BCUT2D eigenvalue weighted by Crippen LogP contribution is 2.22. The van der Waals surface area contributed by atoms with E-state index in [4.69, 9.17) is 4.74 Å². The summed E-state index contributed by atoms with van der Waals surface area (Å²) in [6, 6.07) is 15.4. The summed E-state index contributed by atoms with van der Waals surface area (Å²) in [7, 11) is 1.37. The van der Waals surface area contributed by atoms with Crippen molar-refractivity contribution in [2.45, 2.75) is 6.92 Å². The van der Waals surface area contributed by atoms with E-state index in [1.807, 2.05) is 43.3 Å². The van der Waals surface area contributed by atoms with E-state index >= 15 is 0 Å². The molecule has 4 rings (SSSR count). The fourth-order valence-corrected chi connectivity index (χ4v) is 3.14. The van der Waals surface area contributed by atoms with Crippen LogP contribution in [-0.2, 0) is 4.74 Å². The van der Waals surface area contributed by atoms with Crippen molar-refractivity contribution in [3.8, 4) is 0 Å². The van der Waals surface area contributed by atoms with E-state index in [9.17, 15) is 4.79 Å². The van der Waals surface area contributed by atoms with Crippen LogP contribution >= 0.6 is 0 Å². The van der Waals surface area contributed by atoms with Gasteiger partial charge in [-0.2, -0.15) is 5.10 Å². The highest BCUT2D eigenvalue weighted by molar-refractivity contribution is 6.08. The van der Waals surface area contributed by atoms with Gasteiger partial charge in [0.25, 0.3) is 0 Å². The van der Waals surface area contributed by atoms with Gasteiger partial charge in [-0.25, -0.2) is 9.78 Å². The molecular formula is C21H18N4O2. The number of esters is 1. The number of pyridine rings is 1. The third kappa shape index (κ3) is 3.13. The number of nitrogens with one attached hydrogen (secondary N) is 2. The van der Waals surface area contributed by atoms with Gasteiger partial charge in [0.2, 0.25) is 0 Å². The molecule has 0 amide bonds. The van der Waals surface area contributed by atoms with Crippen LogP contribution in [-0.4, -0.2) is 29.3 Å². The van der Waals surface area contributed by atoms with E-state index in [0.717, 1.165) is 32.9 Å². The van der Waals surface area contributed by atoms with Crippen LogP contribution in [0, 0.1) is 6.92 Å². The molecule has 6 heteroatoms. The van der Waals surface area contributed by atoms with Crippen molar-refractivity contribution < 1.29 is 9.53 Å². The van der Waals surface area contributed by atoms with Gasteiger partial charge >= 0.3 is 5.97 Å². The highest BCUT2D eigenvalue weighted by Gasteiger charge is 2.12. The Morgan fingerprint density at radius 3 is 2.85 bits per heavy atom. The average Bonchev–Trinajstić information content (AvgIpc) is 3.11. The van der Waals surface area contributed by atoms with Crippen LogP contribution in [0.2, 0.25) is 0 Å². The molecule has 2 N–H and O–H groups in total. The number of anilines is 1. The van der Waals surface area contributed by atoms with E-state index < -0.39 is 0 Å². The molecule has 2 aromatic carbocycles. The number of H-pyrrole nitrogens is 1. The number of ether oxygens (including phenoxy) is 1. The molecule has 2 heterocycles. The first kappa shape index (κ1) is 16.8. The van der Waals surface area contributed by atoms with E-state index in [2.05, 4.69) is 26.6 Å². The quantitative estimate of drug-likeness (QED) is 0.325. The van der Waals surface area contributed by atoms with Crippen LogP contribution in [0.5, 0.6) is 0 Å². The summed E-state index contributed by atoms with van der Waals surface area (Å²) in [6.07, 6.45) is 3.51. The zero-order valence-corrected chi connectivity index (χ0v) is 15.0. The second-order valence-corrected chi connectivity index (χ2v) is 6.18. The van der Waals surface area contributed by atoms with Crippen LogP contribution < -0.4 is 5.43 Å². The molecule has 0 fully saturated rings. The maximum Gasteiger partial charge on any atom is 0.339 e. The Bertz CT molecular complexity index is 1180. The van der Waals surface area contributed by atoms with Crippen molar-refractivity contribution in [3.05, 3.63) is 71.4 Å². The first-order valence-electron chi connectivity index (χ1n) is 8.51. The fourth-order valence-electron chi connectivity index (χ4n) is 3.14. The number of methoxy groups -OCH3 is 1. The molecule has 0 atom stereocenters. The van der Waals surface area contributed by atoms with E-state index in [1.54, 1.807) is 18.5 Å². The highest BCUT2D eigenvalue weighted by atomic mass is 16.5. The molecule has 0 radical (unpaired) electrons. The molecular weight excluding hydrogens is 340 g/mol. The van der Waals surface area contributed by atoms with Crippen molar-refractivity contribution in [1.82, 2.24) is 9.97 Å². The number of aryl methyl sites for hydroxylation is 1. The lowest BCUT2D eigenvalue weighted by atomic mass is 10.1. The molecule has 0 aliphatic heterocycles. The zero-order valence-electron chi connectivity index (χ0n) is 15.0. The minimum atomic E-state index is -0.375. The van der Waals surface area contributed by atoms with Crippen molar-refractivity contribution in [3.63, 3.8) is 0 Å². The van der Waals surface area contributed by atoms with Gasteiger partial charge in [0.15, 0.2) is 0 Å². The summed E-state index contributed by atoms with van der Waals surface area (Å²) in [6.45, 7) is 2.05. The lowest BCUT2D eigenvalue weighted by Gasteiger charge is -2.05. The fraction of sp³-hybridized carbons (Fsp3) is 0.0952. The number of hydrazone groups is 1. The topological polar surface area (TPSA) is 79.4 Å². The lowest BCUT2D eigenvalue weighted by molar-refractivity contribution is 0.0603. The van der Waals surface area contributed by atoms with Crippen LogP contribution in [0.1, 0.15) is 21.5 Å². The Balaban J connectivity index is 1.61. The number of aromatic nitrogens is 2. The molecule has 0 bridgehead atoms. The van der Waals surface area contributed by atoms with Crippen LogP contribution in [0.15, 0.2) is 59.8 Å². The average molecular weight is 358 g/mol. The molecule has 0 unspecified atom stereocenters. The summed E-state index contributed by atoms with van der Waals surface area (Å²) in [4.78, 5) is 19.6. The van der Waals surface area contributed by atoms with Gasteiger partial charge in [0, 0.05) is 22.5 Å². The standard InChI is InChI=1S/C21H18N4O2/c1-13-10-19(24-18-9-4-3-6-15(13)18)25-23-12-14-11-22-20-16(14)7-5-8-17(20)21(26)27-2/h3-12,22H,1-2H3,(H,24,25)/b23-12+. The molecule has 0 saturated heterocycles. The zero-order chi connectivity index (χ0) is 18.8. The molecule has 0 saturated carbocycles. The minimum Gasteiger partial charge on any atom is -0.465 e. The van der Waals surface area contributed by atoms with Gasteiger partial charge in [-0.3, -0.25) is 5.43 Å². The molecule has 0 aliphatic rings. The monoisotopic (exact) mass is 358 g/mol. The molecule has 27 heavy (non-hydrogen) atoms. The van der Waals surface area contributed by atoms with Crippen LogP contribution in [0.4, 0.5) is 5.82 Å². The Morgan fingerprint density at radius 2 is 2.00 bits per heavy atom. The van der Waals surface area contributed by atoms with Gasteiger partial charge in [0.05, 0.1) is 29.9 Å². The number of nitrogens with zero attached hydrogens (tertiary/aromatic N) is 2. The molecule has 4 aromatic rings. The van der Waals surface area contributed by atoms with Gasteiger partial charge in [0.1, 0.15) is 5.82 Å². The molecule has 6 nitrogen and oxygen atoms in total. The van der Waals surface area contributed by atoms with Crippen molar-refractivity contribution in [2.24, 2.45) is 5.10 Å². The molecule has 0 aliphatic carbocycles. The van der Waals surface area contributed by atoms with Gasteiger partial charge < -0.3 is 9.72 Å². The summed E-state index contributed by atoms with van der Waals surface area (Å²) in [5.74, 6) is 0.303. The Kier molecular flexibility index (Phi) is 4.30. The largest absolute Gasteiger partial charge is 0.465 e. The Labute approximate surface area is 155 Å². The molecule has 0 spiro atoms. The Hall–Kier alpha value is -3.67. The number of carbonyl (C=O) groups is 1. The molecule has 2 aromatic heterocycles. The number of hydrogen-bond donors (Lipinski definition) is 2. The second-order valence-electron chi connectivity index (χ2n) is 6.18. The SMILES string of the molecule is COC(=O)c1cccc2c(/C=N/Nc3cc(C)c4ccccc4n3)c[nH]c12. The smallest absolute Gasteiger partial charge is 0.339 e. The summed E-state index contributed by atoms with van der Waals surface area (Å²) < 4.78 is 4.83. The van der Waals surface area contributed by atoms with Gasteiger partial charge in [-0.05, 0) is 30.7 Å². The summed E-state index contributed by atoms with van der Waals surface area (Å²) in [5.41, 5.74) is 7.12. The lowest BCUT2D eigenvalue weighted by Crippen LogP contribution is -2.01. The molecule has 134 valence electrons.